The van der Waals surface area contributed by atoms with Crippen molar-refractivity contribution in [2.45, 2.75) is 46.5 Å². The molecular weight excluding hydrogens is 336 g/mol. The fourth-order valence-corrected chi connectivity index (χ4v) is 3.70. The number of carbonyl (C=O) groups excluding carboxylic acids is 1. The molecule has 0 bridgehead atoms. The molecule has 2 aromatic heterocycles. The van der Waals surface area contributed by atoms with E-state index in [0.717, 1.165) is 35.8 Å². The zero-order valence-electron chi connectivity index (χ0n) is 15.1. The average Bonchev–Trinajstić information content (AvgIpc) is 3.03. The van der Waals surface area contributed by atoms with Gasteiger partial charge in [-0.05, 0) is 32.8 Å². The van der Waals surface area contributed by atoms with Crippen molar-refractivity contribution in [3.05, 3.63) is 22.5 Å². The maximum Gasteiger partial charge on any atom is 0.231 e. The summed E-state index contributed by atoms with van der Waals surface area (Å²) in [4.78, 5) is 23.8. The zero-order valence-corrected chi connectivity index (χ0v) is 15.9. The summed E-state index contributed by atoms with van der Waals surface area (Å²) < 4.78 is 0. The van der Waals surface area contributed by atoms with Gasteiger partial charge in [-0.15, -0.1) is 10.2 Å². The number of rotatable bonds is 4. The van der Waals surface area contributed by atoms with E-state index in [1.165, 1.54) is 11.3 Å². The normalized spacial score (nSPS) is 17.8. The van der Waals surface area contributed by atoms with E-state index in [9.17, 15) is 4.79 Å². The summed E-state index contributed by atoms with van der Waals surface area (Å²) in [6.07, 6.45) is 1.81. The second kappa shape index (κ2) is 7.43. The Morgan fingerprint density at radius 2 is 2.00 bits per heavy atom. The van der Waals surface area contributed by atoms with E-state index in [0.29, 0.717) is 23.5 Å². The molecule has 0 aromatic carbocycles. The van der Waals surface area contributed by atoms with Crippen molar-refractivity contribution in [3.63, 3.8) is 0 Å². The van der Waals surface area contributed by atoms with Crippen molar-refractivity contribution in [1.82, 2.24) is 20.2 Å². The number of anilines is 2. The summed E-state index contributed by atoms with van der Waals surface area (Å²) in [5, 5.41) is 12.6. The Kier molecular flexibility index (Phi) is 5.27. The van der Waals surface area contributed by atoms with Crippen LogP contribution in [0.25, 0.3) is 0 Å². The van der Waals surface area contributed by atoms with Crippen LogP contribution in [0.4, 0.5) is 11.1 Å². The smallest absolute Gasteiger partial charge is 0.231 e. The Balaban J connectivity index is 1.66. The number of carbonyl (C=O) groups is 1. The molecule has 1 atom stereocenters. The van der Waals surface area contributed by atoms with Gasteiger partial charge in [-0.25, -0.2) is 9.97 Å². The average molecular weight is 360 g/mol. The molecule has 1 aliphatic rings. The van der Waals surface area contributed by atoms with Crippen molar-refractivity contribution >= 4 is 28.3 Å². The molecule has 0 spiro atoms. The van der Waals surface area contributed by atoms with Crippen LogP contribution in [-0.2, 0) is 4.79 Å². The molecule has 7 nitrogen and oxygen atoms in total. The third-order valence-corrected chi connectivity index (χ3v) is 5.35. The molecule has 8 heteroatoms. The van der Waals surface area contributed by atoms with E-state index in [1.807, 2.05) is 19.9 Å². The minimum absolute atomic E-state index is 0.000492. The lowest BCUT2D eigenvalue weighted by molar-refractivity contribution is -0.120. The van der Waals surface area contributed by atoms with Crippen LogP contribution in [0.1, 0.15) is 49.0 Å². The van der Waals surface area contributed by atoms with Crippen LogP contribution in [0.2, 0.25) is 0 Å². The van der Waals surface area contributed by atoms with Crippen LogP contribution in [0.5, 0.6) is 0 Å². The summed E-state index contributed by atoms with van der Waals surface area (Å²) >= 11 is 1.44. The molecule has 0 unspecified atom stereocenters. The molecule has 3 rings (SSSR count). The van der Waals surface area contributed by atoms with E-state index in [2.05, 4.69) is 44.2 Å². The highest BCUT2D eigenvalue weighted by molar-refractivity contribution is 7.15. The maximum absolute atomic E-state index is 12.6. The quantitative estimate of drug-likeness (QED) is 0.902. The van der Waals surface area contributed by atoms with Crippen molar-refractivity contribution in [2.75, 3.05) is 23.3 Å². The van der Waals surface area contributed by atoms with Gasteiger partial charge in [0.25, 0.3) is 0 Å². The predicted octanol–water partition coefficient (Wildman–Crippen LogP) is 2.92. The van der Waals surface area contributed by atoms with Gasteiger partial charge in [-0.3, -0.25) is 4.79 Å². The highest BCUT2D eigenvalue weighted by atomic mass is 32.1. The highest BCUT2D eigenvalue weighted by Gasteiger charge is 2.28. The first-order valence-corrected chi connectivity index (χ1v) is 9.45. The van der Waals surface area contributed by atoms with Crippen LogP contribution in [0, 0.1) is 19.8 Å². The molecule has 1 fully saturated rings. The van der Waals surface area contributed by atoms with Crippen LogP contribution >= 0.6 is 11.3 Å². The van der Waals surface area contributed by atoms with Crippen molar-refractivity contribution < 1.29 is 4.79 Å². The van der Waals surface area contributed by atoms with Gasteiger partial charge in [0, 0.05) is 30.4 Å². The number of hydrogen-bond acceptors (Lipinski definition) is 7. The maximum atomic E-state index is 12.6. The first-order valence-electron chi connectivity index (χ1n) is 8.64. The van der Waals surface area contributed by atoms with Crippen LogP contribution in [0.15, 0.2) is 6.07 Å². The lowest BCUT2D eigenvalue weighted by Crippen LogP contribution is -2.41. The lowest BCUT2D eigenvalue weighted by atomic mass is 9.97. The van der Waals surface area contributed by atoms with Gasteiger partial charge in [-0.1, -0.05) is 25.2 Å². The summed E-state index contributed by atoms with van der Waals surface area (Å²) in [7, 11) is 0. The Morgan fingerprint density at radius 1 is 1.28 bits per heavy atom. The predicted molar refractivity (Wildman–Crippen MR) is 99.1 cm³/mol. The Morgan fingerprint density at radius 3 is 2.64 bits per heavy atom. The SMILES string of the molecule is Cc1cc(C)nc(N2CCC[C@H](C(=O)Nc3nnc(C(C)C)s3)C2)n1. The standard InChI is InChI=1S/C17H24N6OS/c1-10(2)15-21-22-17(25-15)20-14(24)13-6-5-7-23(9-13)16-18-11(3)8-12(4)19-16/h8,10,13H,5-7,9H2,1-4H3,(H,20,22,24)/t13-/m0/s1. The van der Waals surface area contributed by atoms with Crippen molar-refractivity contribution in [2.24, 2.45) is 5.92 Å². The molecule has 1 N–H and O–H groups in total. The first kappa shape index (κ1) is 17.7. The number of nitrogens with zero attached hydrogens (tertiary/aromatic N) is 5. The van der Waals surface area contributed by atoms with Gasteiger partial charge in [0.05, 0.1) is 5.92 Å². The number of amides is 1. The molecule has 134 valence electrons. The highest BCUT2D eigenvalue weighted by Crippen LogP contribution is 2.25. The molecule has 0 radical (unpaired) electrons. The van der Waals surface area contributed by atoms with Crippen LogP contribution in [-0.4, -0.2) is 39.2 Å². The van der Waals surface area contributed by atoms with E-state index in [1.54, 1.807) is 0 Å². The Hall–Kier alpha value is -2.09. The van der Waals surface area contributed by atoms with Crippen molar-refractivity contribution in [3.8, 4) is 0 Å². The number of nitrogens with one attached hydrogen (secondary N) is 1. The second-order valence-electron chi connectivity index (χ2n) is 6.83. The van der Waals surface area contributed by atoms with E-state index < -0.39 is 0 Å². The molecule has 0 saturated carbocycles. The molecule has 25 heavy (non-hydrogen) atoms. The lowest BCUT2D eigenvalue weighted by Gasteiger charge is -2.32. The monoisotopic (exact) mass is 360 g/mol. The number of aromatic nitrogens is 4. The molecular formula is C17H24N6OS. The van der Waals surface area contributed by atoms with Crippen LogP contribution < -0.4 is 10.2 Å². The van der Waals surface area contributed by atoms with E-state index in [4.69, 9.17) is 0 Å². The summed E-state index contributed by atoms with van der Waals surface area (Å²) in [6.45, 7) is 9.57. The molecule has 3 heterocycles. The minimum atomic E-state index is -0.0930. The van der Waals surface area contributed by atoms with Gasteiger partial charge < -0.3 is 10.2 Å². The molecule has 2 aromatic rings. The van der Waals surface area contributed by atoms with E-state index >= 15 is 0 Å². The largest absolute Gasteiger partial charge is 0.340 e. The third kappa shape index (κ3) is 4.31. The molecule has 1 amide bonds. The summed E-state index contributed by atoms with van der Waals surface area (Å²) in [5.41, 5.74) is 1.90. The number of aryl methyl sites for hydroxylation is 2. The van der Waals surface area contributed by atoms with Gasteiger partial charge in [0.1, 0.15) is 5.01 Å². The van der Waals surface area contributed by atoms with Crippen LogP contribution in [0.3, 0.4) is 0 Å². The second-order valence-corrected chi connectivity index (χ2v) is 7.83. The molecule has 1 saturated heterocycles. The summed E-state index contributed by atoms with van der Waals surface area (Å²) in [6, 6.07) is 1.96. The van der Waals surface area contributed by atoms with Gasteiger partial charge >= 0.3 is 0 Å². The van der Waals surface area contributed by atoms with Gasteiger partial charge in [0.15, 0.2) is 0 Å². The van der Waals surface area contributed by atoms with Gasteiger partial charge in [0.2, 0.25) is 17.0 Å². The Labute approximate surface area is 151 Å². The number of hydrogen-bond donors (Lipinski definition) is 1. The van der Waals surface area contributed by atoms with Gasteiger partial charge in [-0.2, -0.15) is 0 Å². The summed E-state index contributed by atoms with van der Waals surface area (Å²) in [5.74, 6) is 0.938. The zero-order chi connectivity index (χ0) is 18.0. The first-order chi connectivity index (χ1) is 11.9. The molecule has 1 aliphatic heterocycles. The minimum Gasteiger partial charge on any atom is -0.340 e. The number of piperidine rings is 1. The molecule has 0 aliphatic carbocycles. The fraction of sp³-hybridized carbons (Fsp3) is 0.588. The third-order valence-electron chi connectivity index (χ3n) is 4.21. The topological polar surface area (TPSA) is 83.9 Å². The Bertz CT molecular complexity index is 739. The van der Waals surface area contributed by atoms with E-state index in [-0.39, 0.29) is 11.8 Å². The fourth-order valence-electron chi connectivity index (χ4n) is 2.95. The van der Waals surface area contributed by atoms with Crippen molar-refractivity contribution in [1.29, 1.82) is 0 Å².